The van der Waals surface area contributed by atoms with Crippen molar-refractivity contribution in [2.24, 2.45) is 0 Å². The van der Waals surface area contributed by atoms with Crippen molar-refractivity contribution in [3.8, 4) is 0 Å². The van der Waals surface area contributed by atoms with Crippen molar-refractivity contribution in [1.82, 2.24) is 9.88 Å². The van der Waals surface area contributed by atoms with Crippen LogP contribution in [0.3, 0.4) is 0 Å². The Morgan fingerprint density at radius 3 is 2.91 bits per heavy atom. The number of aliphatic hydroxyl groups excluding tert-OH is 1. The van der Waals surface area contributed by atoms with Gasteiger partial charge in [0.2, 0.25) is 0 Å². The van der Waals surface area contributed by atoms with Gasteiger partial charge in [0.1, 0.15) is 5.69 Å². The van der Waals surface area contributed by atoms with Gasteiger partial charge in [-0.15, -0.1) is 0 Å². The molecule has 0 spiro atoms. The number of nitrogens with one attached hydrogen (secondary N) is 1. The molecule has 22 heavy (non-hydrogen) atoms. The number of hydrogen-bond acceptors (Lipinski definition) is 3. The number of para-hydroxylation sites is 1. The monoisotopic (exact) mass is 304 g/mol. The van der Waals surface area contributed by atoms with Crippen LogP contribution in [-0.4, -0.2) is 41.9 Å². The summed E-state index contributed by atoms with van der Waals surface area (Å²) in [6.45, 7) is 3.58. The maximum absolute atomic E-state index is 12.4. The molecule has 0 fully saturated rings. The van der Waals surface area contributed by atoms with Crippen LogP contribution in [-0.2, 0) is 11.3 Å². The van der Waals surface area contributed by atoms with E-state index in [4.69, 9.17) is 4.74 Å². The summed E-state index contributed by atoms with van der Waals surface area (Å²) in [5, 5.41) is 13.5. The fourth-order valence-electron chi connectivity index (χ4n) is 2.47. The zero-order valence-corrected chi connectivity index (χ0v) is 13.2. The predicted molar refractivity (Wildman–Crippen MR) is 87.1 cm³/mol. The average molecular weight is 304 g/mol. The molecule has 2 aromatic rings. The van der Waals surface area contributed by atoms with Crippen molar-refractivity contribution < 1.29 is 14.6 Å². The molecule has 1 unspecified atom stereocenters. The number of aromatic nitrogens is 1. The average Bonchev–Trinajstić information content (AvgIpc) is 2.91. The molecule has 1 aromatic heterocycles. The minimum atomic E-state index is -0.361. The number of rotatable bonds is 8. The van der Waals surface area contributed by atoms with Gasteiger partial charge in [-0.2, -0.15) is 0 Å². The number of benzene rings is 1. The van der Waals surface area contributed by atoms with Gasteiger partial charge in [-0.05, 0) is 25.0 Å². The quantitative estimate of drug-likeness (QED) is 0.785. The van der Waals surface area contributed by atoms with Crippen LogP contribution < -0.4 is 5.32 Å². The number of ether oxygens (including phenoxy) is 1. The minimum absolute atomic E-state index is 0.115. The number of carbonyl (C=O) groups excluding carboxylic acids is 1. The number of methoxy groups -OCH3 is 1. The molecule has 0 aliphatic carbocycles. The summed E-state index contributed by atoms with van der Waals surface area (Å²) in [5.41, 5.74) is 1.66. The van der Waals surface area contributed by atoms with E-state index in [0.717, 1.165) is 10.9 Å². The number of aliphatic hydroxyl groups is 1. The topological polar surface area (TPSA) is 63.5 Å². The SMILES string of the molecule is CCC(O)CCNC(=O)c1cc2ccccc2n1CCOC. The summed E-state index contributed by atoms with van der Waals surface area (Å²) in [5.74, 6) is -0.115. The van der Waals surface area contributed by atoms with Gasteiger partial charge in [-0.1, -0.05) is 25.1 Å². The third kappa shape index (κ3) is 3.87. The number of amides is 1. The highest BCUT2D eigenvalue weighted by atomic mass is 16.5. The first-order chi connectivity index (χ1) is 10.7. The molecule has 1 aromatic carbocycles. The first-order valence-electron chi connectivity index (χ1n) is 7.70. The Bertz CT molecular complexity index is 621. The van der Waals surface area contributed by atoms with Crippen molar-refractivity contribution in [3.63, 3.8) is 0 Å². The maximum Gasteiger partial charge on any atom is 0.267 e. The molecule has 1 heterocycles. The smallest absolute Gasteiger partial charge is 0.267 e. The van der Waals surface area contributed by atoms with E-state index in [2.05, 4.69) is 5.32 Å². The molecule has 1 atom stereocenters. The third-order valence-corrected chi connectivity index (χ3v) is 3.80. The Kier molecular flexibility index (Phi) is 5.98. The molecule has 1 amide bonds. The van der Waals surface area contributed by atoms with Gasteiger partial charge >= 0.3 is 0 Å². The normalized spacial score (nSPS) is 12.5. The van der Waals surface area contributed by atoms with E-state index in [9.17, 15) is 9.90 Å². The number of hydrogen-bond donors (Lipinski definition) is 2. The Morgan fingerprint density at radius 2 is 2.18 bits per heavy atom. The molecule has 0 radical (unpaired) electrons. The van der Waals surface area contributed by atoms with Crippen LogP contribution in [0.5, 0.6) is 0 Å². The molecular formula is C17H24N2O3. The highest BCUT2D eigenvalue weighted by molar-refractivity contribution is 5.98. The van der Waals surface area contributed by atoms with Gasteiger partial charge in [-0.3, -0.25) is 4.79 Å². The van der Waals surface area contributed by atoms with Crippen LogP contribution in [0.1, 0.15) is 30.3 Å². The summed E-state index contributed by atoms with van der Waals surface area (Å²) < 4.78 is 7.12. The second-order valence-corrected chi connectivity index (χ2v) is 5.34. The fraction of sp³-hybridized carbons (Fsp3) is 0.471. The van der Waals surface area contributed by atoms with Crippen molar-refractivity contribution in [2.45, 2.75) is 32.4 Å². The minimum Gasteiger partial charge on any atom is -0.393 e. The van der Waals surface area contributed by atoms with E-state index >= 15 is 0 Å². The van der Waals surface area contributed by atoms with Crippen molar-refractivity contribution >= 4 is 16.8 Å². The van der Waals surface area contributed by atoms with Gasteiger partial charge < -0.3 is 19.7 Å². The Hall–Kier alpha value is -1.85. The van der Waals surface area contributed by atoms with Crippen LogP contribution in [0.2, 0.25) is 0 Å². The summed E-state index contributed by atoms with van der Waals surface area (Å²) >= 11 is 0. The Balaban J connectivity index is 2.16. The summed E-state index contributed by atoms with van der Waals surface area (Å²) in [6, 6.07) is 9.82. The van der Waals surface area contributed by atoms with Crippen LogP contribution in [0.25, 0.3) is 10.9 Å². The van der Waals surface area contributed by atoms with Gasteiger partial charge in [0, 0.05) is 31.1 Å². The molecule has 0 bridgehead atoms. The molecule has 0 saturated carbocycles. The fourth-order valence-corrected chi connectivity index (χ4v) is 2.47. The zero-order valence-electron chi connectivity index (χ0n) is 13.2. The molecule has 2 N–H and O–H groups in total. The summed E-state index contributed by atoms with van der Waals surface area (Å²) in [6.07, 6.45) is 0.907. The van der Waals surface area contributed by atoms with Crippen molar-refractivity contribution in [1.29, 1.82) is 0 Å². The first kappa shape index (κ1) is 16.5. The lowest BCUT2D eigenvalue weighted by Crippen LogP contribution is -2.29. The first-order valence-corrected chi connectivity index (χ1v) is 7.70. The molecule has 5 nitrogen and oxygen atoms in total. The molecule has 5 heteroatoms. The van der Waals surface area contributed by atoms with E-state index in [1.807, 2.05) is 41.8 Å². The van der Waals surface area contributed by atoms with E-state index in [0.29, 0.717) is 38.2 Å². The molecule has 0 aliphatic heterocycles. The largest absolute Gasteiger partial charge is 0.393 e. The van der Waals surface area contributed by atoms with Gasteiger partial charge in [0.25, 0.3) is 5.91 Å². The van der Waals surface area contributed by atoms with Crippen molar-refractivity contribution in [3.05, 3.63) is 36.0 Å². The molecular weight excluding hydrogens is 280 g/mol. The van der Waals surface area contributed by atoms with Crippen LogP contribution in [0.4, 0.5) is 0 Å². The molecule has 120 valence electrons. The number of fused-ring (bicyclic) bond motifs is 1. The number of carbonyl (C=O) groups is 1. The van der Waals surface area contributed by atoms with Crippen molar-refractivity contribution in [2.75, 3.05) is 20.3 Å². The van der Waals surface area contributed by atoms with Crippen LogP contribution in [0, 0.1) is 0 Å². The standard InChI is InChI=1S/C17H24N2O3/c1-3-14(20)8-9-18-17(21)16-12-13-6-4-5-7-15(13)19(16)10-11-22-2/h4-7,12,14,20H,3,8-11H2,1-2H3,(H,18,21). The van der Waals surface area contributed by atoms with Crippen LogP contribution >= 0.6 is 0 Å². The van der Waals surface area contributed by atoms with Gasteiger partial charge in [0.05, 0.1) is 12.7 Å². The van der Waals surface area contributed by atoms with E-state index in [1.54, 1.807) is 7.11 Å². The van der Waals surface area contributed by atoms with E-state index < -0.39 is 0 Å². The second kappa shape index (κ2) is 7.96. The summed E-state index contributed by atoms with van der Waals surface area (Å²) in [7, 11) is 1.65. The number of nitrogens with zero attached hydrogens (tertiary/aromatic N) is 1. The molecule has 0 saturated heterocycles. The lowest BCUT2D eigenvalue weighted by molar-refractivity contribution is 0.0930. The zero-order chi connectivity index (χ0) is 15.9. The third-order valence-electron chi connectivity index (χ3n) is 3.80. The van der Waals surface area contributed by atoms with Crippen LogP contribution in [0.15, 0.2) is 30.3 Å². The second-order valence-electron chi connectivity index (χ2n) is 5.34. The van der Waals surface area contributed by atoms with Gasteiger partial charge in [-0.25, -0.2) is 0 Å². The predicted octanol–water partition coefficient (Wildman–Crippen LogP) is 2.18. The maximum atomic E-state index is 12.4. The molecule has 0 aliphatic rings. The summed E-state index contributed by atoms with van der Waals surface area (Å²) in [4.78, 5) is 12.4. The van der Waals surface area contributed by atoms with E-state index in [-0.39, 0.29) is 12.0 Å². The van der Waals surface area contributed by atoms with Gasteiger partial charge in [0.15, 0.2) is 0 Å². The highest BCUT2D eigenvalue weighted by Crippen LogP contribution is 2.19. The lowest BCUT2D eigenvalue weighted by atomic mass is 10.2. The Morgan fingerprint density at radius 1 is 1.41 bits per heavy atom. The highest BCUT2D eigenvalue weighted by Gasteiger charge is 2.15. The van der Waals surface area contributed by atoms with E-state index in [1.165, 1.54) is 0 Å². The molecule has 2 rings (SSSR count). The lowest BCUT2D eigenvalue weighted by Gasteiger charge is -2.12. The Labute approximate surface area is 130 Å².